The van der Waals surface area contributed by atoms with E-state index in [9.17, 15) is 0 Å². The van der Waals surface area contributed by atoms with Crippen molar-refractivity contribution in [2.45, 2.75) is 38.6 Å². The van der Waals surface area contributed by atoms with E-state index >= 15 is 0 Å². The van der Waals surface area contributed by atoms with Crippen LogP contribution in [-0.4, -0.2) is 44.3 Å². The van der Waals surface area contributed by atoms with Crippen molar-refractivity contribution in [1.82, 2.24) is 4.90 Å². The SMILES string of the molecule is CCCC(C)(CN)N(C)CCCOC. The lowest BCUT2D eigenvalue weighted by atomic mass is 9.94. The zero-order valence-electron chi connectivity index (χ0n) is 10.2. The highest BCUT2D eigenvalue weighted by atomic mass is 16.5. The first kappa shape index (κ1) is 13.9. The molecule has 0 aliphatic rings. The molecular formula is C11H26N2O. The molecule has 0 amide bonds. The lowest BCUT2D eigenvalue weighted by Gasteiger charge is -2.38. The first-order valence-corrected chi connectivity index (χ1v) is 5.51. The van der Waals surface area contributed by atoms with Crippen molar-refractivity contribution in [3.63, 3.8) is 0 Å². The third-order valence-electron chi connectivity index (χ3n) is 2.99. The zero-order valence-corrected chi connectivity index (χ0v) is 10.2. The van der Waals surface area contributed by atoms with Crippen LogP contribution in [0.15, 0.2) is 0 Å². The molecule has 0 heterocycles. The molecule has 86 valence electrons. The monoisotopic (exact) mass is 202 g/mol. The van der Waals surface area contributed by atoms with Crippen LogP contribution in [0.25, 0.3) is 0 Å². The third-order valence-corrected chi connectivity index (χ3v) is 2.99. The Morgan fingerprint density at radius 1 is 1.43 bits per heavy atom. The summed E-state index contributed by atoms with van der Waals surface area (Å²) >= 11 is 0. The highest BCUT2D eigenvalue weighted by Gasteiger charge is 2.25. The van der Waals surface area contributed by atoms with Gasteiger partial charge < -0.3 is 10.5 Å². The van der Waals surface area contributed by atoms with Crippen molar-refractivity contribution in [1.29, 1.82) is 0 Å². The van der Waals surface area contributed by atoms with E-state index in [-0.39, 0.29) is 5.54 Å². The molecule has 0 saturated carbocycles. The van der Waals surface area contributed by atoms with Gasteiger partial charge in [-0.15, -0.1) is 0 Å². The minimum Gasteiger partial charge on any atom is -0.385 e. The van der Waals surface area contributed by atoms with E-state index in [2.05, 4.69) is 25.8 Å². The number of hydrogen-bond acceptors (Lipinski definition) is 3. The molecule has 0 aliphatic carbocycles. The summed E-state index contributed by atoms with van der Waals surface area (Å²) in [5, 5.41) is 0. The molecule has 3 heteroatoms. The van der Waals surface area contributed by atoms with Crippen molar-refractivity contribution < 1.29 is 4.74 Å². The average molecular weight is 202 g/mol. The number of hydrogen-bond donors (Lipinski definition) is 1. The normalized spacial score (nSPS) is 15.9. The number of nitrogens with two attached hydrogens (primary N) is 1. The first-order chi connectivity index (χ1) is 6.60. The second-order valence-corrected chi connectivity index (χ2v) is 4.22. The molecule has 0 aromatic rings. The third kappa shape index (κ3) is 4.40. The predicted octanol–water partition coefficient (Wildman–Crippen LogP) is 1.47. The van der Waals surface area contributed by atoms with E-state index in [1.165, 1.54) is 6.42 Å². The molecular weight excluding hydrogens is 176 g/mol. The van der Waals surface area contributed by atoms with Gasteiger partial charge in [0, 0.05) is 32.3 Å². The van der Waals surface area contributed by atoms with Gasteiger partial charge in [0.15, 0.2) is 0 Å². The summed E-state index contributed by atoms with van der Waals surface area (Å²) in [5.74, 6) is 0. The number of likely N-dealkylation sites (N-methyl/N-ethyl adjacent to an activating group) is 1. The maximum Gasteiger partial charge on any atom is 0.0474 e. The molecule has 1 atom stereocenters. The van der Waals surface area contributed by atoms with Crippen LogP contribution in [0.1, 0.15) is 33.1 Å². The minimum atomic E-state index is 0.155. The lowest BCUT2D eigenvalue weighted by Crippen LogP contribution is -2.50. The van der Waals surface area contributed by atoms with Crippen LogP contribution in [0, 0.1) is 0 Å². The summed E-state index contributed by atoms with van der Waals surface area (Å²) < 4.78 is 5.04. The van der Waals surface area contributed by atoms with E-state index in [0.29, 0.717) is 0 Å². The van der Waals surface area contributed by atoms with Gasteiger partial charge in [0.1, 0.15) is 0 Å². The largest absolute Gasteiger partial charge is 0.385 e. The summed E-state index contributed by atoms with van der Waals surface area (Å²) in [7, 11) is 3.90. The molecule has 3 nitrogen and oxygen atoms in total. The second-order valence-electron chi connectivity index (χ2n) is 4.22. The number of ether oxygens (including phenoxy) is 1. The van der Waals surface area contributed by atoms with Crippen LogP contribution in [0.3, 0.4) is 0 Å². The van der Waals surface area contributed by atoms with Crippen molar-refractivity contribution >= 4 is 0 Å². The van der Waals surface area contributed by atoms with Crippen LogP contribution in [0.4, 0.5) is 0 Å². The van der Waals surface area contributed by atoms with Crippen LogP contribution in [0.2, 0.25) is 0 Å². The molecule has 14 heavy (non-hydrogen) atoms. The average Bonchev–Trinajstić information content (AvgIpc) is 2.18. The minimum absolute atomic E-state index is 0.155. The summed E-state index contributed by atoms with van der Waals surface area (Å²) in [6, 6.07) is 0. The predicted molar refractivity (Wildman–Crippen MR) is 61.5 cm³/mol. The standard InChI is InChI=1S/C11H26N2O/c1-5-7-11(2,10-12)13(3)8-6-9-14-4/h5-10,12H2,1-4H3. The van der Waals surface area contributed by atoms with Crippen LogP contribution < -0.4 is 5.73 Å². The molecule has 0 rings (SSSR count). The highest BCUT2D eigenvalue weighted by molar-refractivity contribution is 4.84. The summed E-state index contributed by atoms with van der Waals surface area (Å²) in [4.78, 5) is 2.36. The molecule has 2 N–H and O–H groups in total. The maximum atomic E-state index is 5.83. The Balaban J connectivity index is 3.95. The molecule has 0 aromatic heterocycles. The Labute approximate surface area is 88.6 Å². The fourth-order valence-electron chi connectivity index (χ4n) is 1.70. The fraction of sp³-hybridized carbons (Fsp3) is 1.00. The second kappa shape index (κ2) is 7.21. The van der Waals surface area contributed by atoms with E-state index in [1.807, 2.05) is 0 Å². The number of rotatable bonds is 8. The molecule has 0 aliphatic heterocycles. The molecule has 1 unspecified atom stereocenters. The van der Waals surface area contributed by atoms with Gasteiger partial charge in [-0.1, -0.05) is 13.3 Å². The quantitative estimate of drug-likeness (QED) is 0.606. The smallest absolute Gasteiger partial charge is 0.0474 e. The van der Waals surface area contributed by atoms with Gasteiger partial charge in [0.2, 0.25) is 0 Å². The Kier molecular flexibility index (Phi) is 7.15. The van der Waals surface area contributed by atoms with Crippen LogP contribution in [0.5, 0.6) is 0 Å². The highest BCUT2D eigenvalue weighted by Crippen LogP contribution is 2.18. The van der Waals surface area contributed by atoms with E-state index in [0.717, 1.165) is 32.5 Å². The summed E-state index contributed by atoms with van der Waals surface area (Å²) in [6.07, 6.45) is 3.42. The van der Waals surface area contributed by atoms with Gasteiger partial charge in [0.25, 0.3) is 0 Å². The number of methoxy groups -OCH3 is 1. The Hall–Kier alpha value is -0.120. The number of nitrogens with zero attached hydrogens (tertiary/aromatic N) is 1. The summed E-state index contributed by atoms with van der Waals surface area (Å²) in [5.41, 5.74) is 5.98. The maximum absolute atomic E-state index is 5.83. The lowest BCUT2D eigenvalue weighted by molar-refractivity contribution is 0.112. The Bertz CT molecular complexity index is 141. The van der Waals surface area contributed by atoms with Gasteiger partial charge in [-0.25, -0.2) is 0 Å². The zero-order chi connectivity index (χ0) is 11.0. The van der Waals surface area contributed by atoms with Gasteiger partial charge in [-0.05, 0) is 26.8 Å². The van der Waals surface area contributed by atoms with Crippen molar-refractivity contribution in [2.24, 2.45) is 5.73 Å². The van der Waals surface area contributed by atoms with E-state index < -0.39 is 0 Å². The Morgan fingerprint density at radius 2 is 2.07 bits per heavy atom. The van der Waals surface area contributed by atoms with Gasteiger partial charge in [-0.2, -0.15) is 0 Å². The fourth-order valence-corrected chi connectivity index (χ4v) is 1.70. The molecule has 0 spiro atoms. The van der Waals surface area contributed by atoms with Crippen LogP contribution >= 0.6 is 0 Å². The Morgan fingerprint density at radius 3 is 2.50 bits per heavy atom. The molecule has 0 saturated heterocycles. The van der Waals surface area contributed by atoms with Crippen molar-refractivity contribution in [3.8, 4) is 0 Å². The molecule has 0 aromatic carbocycles. The van der Waals surface area contributed by atoms with Crippen LogP contribution in [-0.2, 0) is 4.74 Å². The van der Waals surface area contributed by atoms with Gasteiger partial charge in [-0.3, -0.25) is 4.90 Å². The summed E-state index contributed by atoms with van der Waals surface area (Å²) in [6.45, 7) is 7.06. The van der Waals surface area contributed by atoms with Crippen molar-refractivity contribution in [3.05, 3.63) is 0 Å². The van der Waals surface area contributed by atoms with E-state index in [4.69, 9.17) is 10.5 Å². The molecule has 0 bridgehead atoms. The van der Waals surface area contributed by atoms with Gasteiger partial charge in [0.05, 0.1) is 0 Å². The first-order valence-electron chi connectivity index (χ1n) is 5.51. The molecule has 0 radical (unpaired) electrons. The molecule has 0 fully saturated rings. The topological polar surface area (TPSA) is 38.5 Å². The van der Waals surface area contributed by atoms with Gasteiger partial charge >= 0.3 is 0 Å². The van der Waals surface area contributed by atoms with E-state index in [1.54, 1.807) is 7.11 Å². The van der Waals surface area contributed by atoms with Crippen molar-refractivity contribution in [2.75, 3.05) is 33.9 Å².